The number of carbonyl (C=O) groups excluding carboxylic acids is 2. The first-order chi connectivity index (χ1) is 14.1. The van der Waals surface area contributed by atoms with Crippen molar-refractivity contribution in [1.82, 2.24) is 10.6 Å². The Kier molecular flexibility index (Phi) is 13.9. The van der Waals surface area contributed by atoms with Crippen LogP contribution in [0.15, 0.2) is 24.3 Å². The molecule has 4 nitrogen and oxygen atoms in total. The number of hydrogen-bond donors (Lipinski definition) is 2. The first-order valence-corrected chi connectivity index (χ1v) is 11.7. The molecule has 2 N–H and O–H groups in total. The summed E-state index contributed by atoms with van der Waals surface area (Å²) in [4.78, 5) is 24.9. The van der Waals surface area contributed by atoms with Crippen molar-refractivity contribution in [1.29, 1.82) is 0 Å². The van der Waals surface area contributed by atoms with Gasteiger partial charge >= 0.3 is 0 Å². The third-order valence-corrected chi connectivity index (χ3v) is 5.15. The van der Waals surface area contributed by atoms with Gasteiger partial charge in [-0.05, 0) is 24.5 Å². The predicted octanol–water partition coefficient (Wildman–Crippen LogP) is 6.11. The fraction of sp³-hybridized carbons (Fsp3) is 0.680. The van der Waals surface area contributed by atoms with Crippen molar-refractivity contribution >= 4 is 11.8 Å². The Balaban J connectivity index is 2.20. The second kappa shape index (κ2) is 16.0. The van der Waals surface area contributed by atoms with E-state index in [2.05, 4.69) is 17.6 Å². The summed E-state index contributed by atoms with van der Waals surface area (Å²) in [6.07, 6.45) is 14.2. The van der Waals surface area contributed by atoms with Crippen LogP contribution in [0.1, 0.15) is 112 Å². The summed E-state index contributed by atoms with van der Waals surface area (Å²) in [7, 11) is 0. The summed E-state index contributed by atoms with van der Waals surface area (Å²) in [6.45, 7) is 7.62. The van der Waals surface area contributed by atoms with Gasteiger partial charge in [-0.25, -0.2) is 0 Å². The normalized spacial score (nSPS) is 10.9. The highest BCUT2D eigenvalue weighted by molar-refractivity contribution is 6.07. The molecule has 2 amide bonds. The van der Waals surface area contributed by atoms with E-state index >= 15 is 0 Å². The molecule has 0 aliphatic rings. The SMILES string of the molecule is CCCCCCCCCCCCCNC(=O)c1ccccc1C(=O)NCC(C)C. The van der Waals surface area contributed by atoms with Crippen LogP contribution in [0.2, 0.25) is 0 Å². The fourth-order valence-electron chi connectivity index (χ4n) is 3.36. The lowest BCUT2D eigenvalue weighted by atomic mass is 10.0. The third kappa shape index (κ3) is 11.7. The molecule has 0 heterocycles. The van der Waals surface area contributed by atoms with E-state index in [1.165, 1.54) is 57.8 Å². The van der Waals surface area contributed by atoms with Crippen LogP contribution in [0.4, 0.5) is 0 Å². The van der Waals surface area contributed by atoms with Gasteiger partial charge in [0.25, 0.3) is 11.8 Å². The highest BCUT2D eigenvalue weighted by Gasteiger charge is 2.16. The molecule has 4 heteroatoms. The summed E-state index contributed by atoms with van der Waals surface area (Å²) in [6, 6.07) is 7.04. The van der Waals surface area contributed by atoms with Crippen LogP contribution in [0.25, 0.3) is 0 Å². The molecule has 0 aliphatic heterocycles. The van der Waals surface area contributed by atoms with Gasteiger partial charge in [0, 0.05) is 13.1 Å². The van der Waals surface area contributed by atoms with E-state index in [1.54, 1.807) is 24.3 Å². The van der Waals surface area contributed by atoms with Crippen molar-refractivity contribution in [3.05, 3.63) is 35.4 Å². The monoisotopic (exact) mass is 402 g/mol. The van der Waals surface area contributed by atoms with Gasteiger partial charge in [0.2, 0.25) is 0 Å². The Morgan fingerprint density at radius 3 is 1.66 bits per heavy atom. The van der Waals surface area contributed by atoms with Gasteiger partial charge in [-0.3, -0.25) is 9.59 Å². The maximum atomic E-state index is 12.5. The molecule has 0 bridgehead atoms. The molecule has 1 aromatic rings. The maximum absolute atomic E-state index is 12.5. The molecule has 0 atom stereocenters. The van der Waals surface area contributed by atoms with Gasteiger partial charge < -0.3 is 10.6 Å². The van der Waals surface area contributed by atoms with E-state index < -0.39 is 0 Å². The van der Waals surface area contributed by atoms with Crippen molar-refractivity contribution in [2.24, 2.45) is 5.92 Å². The van der Waals surface area contributed by atoms with E-state index in [0.717, 1.165) is 12.8 Å². The summed E-state index contributed by atoms with van der Waals surface area (Å²) < 4.78 is 0. The van der Waals surface area contributed by atoms with Gasteiger partial charge in [-0.1, -0.05) is 97.1 Å². The Hall–Kier alpha value is -1.84. The minimum atomic E-state index is -0.181. The quantitative estimate of drug-likeness (QED) is 0.328. The number of unbranched alkanes of at least 4 members (excludes halogenated alkanes) is 10. The molecular weight excluding hydrogens is 360 g/mol. The highest BCUT2D eigenvalue weighted by atomic mass is 16.2. The van der Waals surface area contributed by atoms with E-state index in [4.69, 9.17) is 0 Å². The van der Waals surface area contributed by atoms with Gasteiger partial charge in [0.1, 0.15) is 0 Å². The van der Waals surface area contributed by atoms with E-state index in [-0.39, 0.29) is 11.8 Å². The average molecular weight is 403 g/mol. The van der Waals surface area contributed by atoms with Gasteiger partial charge in [0.15, 0.2) is 0 Å². The summed E-state index contributed by atoms with van der Waals surface area (Å²) in [5.41, 5.74) is 0.904. The van der Waals surface area contributed by atoms with Crippen LogP contribution in [-0.4, -0.2) is 24.9 Å². The van der Waals surface area contributed by atoms with Crippen molar-refractivity contribution in [3.8, 4) is 0 Å². The minimum Gasteiger partial charge on any atom is -0.352 e. The lowest BCUT2D eigenvalue weighted by molar-refractivity contribution is 0.0916. The molecule has 0 saturated heterocycles. The summed E-state index contributed by atoms with van der Waals surface area (Å²) in [5, 5.41) is 5.86. The zero-order chi connectivity index (χ0) is 21.3. The standard InChI is InChI=1S/C25H42N2O2/c1-4-5-6-7-8-9-10-11-12-13-16-19-26-24(28)22-17-14-15-18-23(22)25(29)27-20-21(2)3/h14-15,17-18,21H,4-13,16,19-20H2,1-3H3,(H,26,28)(H,27,29). The first kappa shape index (κ1) is 25.2. The smallest absolute Gasteiger partial charge is 0.252 e. The maximum Gasteiger partial charge on any atom is 0.252 e. The van der Waals surface area contributed by atoms with Crippen LogP contribution < -0.4 is 10.6 Å². The van der Waals surface area contributed by atoms with Gasteiger partial charge in [-0.2, -0.15) is 0 Å². The molecule has 0 aromatic heterocycles. The Bertz CT molecular complexity index is 584. The number of amides is 2. The second-order valence-electron chi connectivity index (χ2n) is 8.44. The molecule has 0 radical (unpaired) electrons. The van der Waals surface area contributed by atoms with Crippen molar-refractivity contribution < 1.29 is 9.59 Å². The Labute approximate surface area is 178 Å². The minimum absolute atomic E-state index is 0.160. The molecule has 0 fully saturated rings. The lowest BCUT2D eigenvalue weighted by Gasteiger charge is -2.12. The molecule has 29 heavy (non-hydrogen) atoms. The van der Waals surface area contributed by atoms with E-state index in [1.807, 2.05) is 13.8 Å². The van der Waals surface area contributed by atoms with Gasteiger partial charge in [-0.15, -0.1) is 0 Å². The Morgan fingerprint density at radius 2 is 1.17 bits per heavy atom. The molecule has 0 aliphatic carbocycles. The third-order valence-electron chi connectivity index (χ3n) is 5.15. The largest absolute Gasteiger partial charge is 0.352 e. The first-order valence-electron chi connectivity index (χ1n) is 11.7. The summed E-state index contributed by atoms with van der Waals surface area (Å²) in [5.74, 6) is 0.0347. The molecule has 0 saturated carbocycles. The van der Waals surface area contributed by atoms with Gasteiger partial charge in [0.05, 0.1) is 11.1 Å². The van der Waals surface area contributed by atoms with Crippen LogP contribution in [0, 0.1) is 5.92 Å². The number of carbonyl (C=O) groups is 2. The molecule has 0 spiro atoms. The zero-order valence-electron chi connectivity index (χ0n) is 18.9. The van der Waals surface area contributed by atoms with Crippen LogP contribution in [-0.2, 0) is 0 Å². The zero-order valence-corrected chi connectivity index (χ0v) is 18.9. The van der Waals surface area contributed by atoms with Crippen molar-refractivity contribution in [2.45, 2.75) is 91.4 Å². The Morgan fingerprint density at radius 1 is 0.724 bits per heavy atom. The fourth-order valence-corrected chi connectivity index (χ4v) is 3.36. The molecule has 164 valence electrons. The highest BCUT2D eigenvalue weighted by Crippen LogP contribution is 2.12. The average Bonchev–Trinajstić information content (AvgIpc) is 2.72. The van der Waals surface area contributed by atoms with Crippen molar-refractivity contribution in [3.63, 3.8) is 0 Å². The number of hydrogen-bond acceptors (Lipinski definition) is 2. The lowest BCUT2D eigenvalue weighted by Crippen LogP contribution is -2.31. The van der Waals surface area contributed by atoms with Crippen LogP contribution in [0.5, 0.6) is 0 Å². The van der Waals surface area contributed by atoms with Crippen LogP contribution in [0.3, 0.4) is 0 Å². The molecule has 1 aromatic carbocycles. The molecule has 0 unspecified atom stereocenters. The van der Waals surface area contributed by atoms with E-state index in [9.17, 15) is 9.59 Å². The second-order valence-corrected chi connectivity index (χ2v) is 8.44. The van der Waals surface area contributed by atoms with Crippen LogP contribution >= 0.6 is 0 Å². The molecule has 1 rings (SSSR count). The van der Waals surface area contributed by atoms with Crippen molar-refractivity contribution in [2.75, 3.05) is 13.1 Å². The topological polar surface area (TPSA) is 58.2 Å². The number of benzene rings is 1. The van der Waals surface area contributed by atoms with E-state index in [0.29, 0.717) is 30.1 Å². The molecular formula is C25H42N2O2. The summed E-state index contributed by atoms with van der Waals surface area (Å²) >= 11 is 0. The predicted molar refractivity (Wildman–Crippen MR) is 122 cm³/mol. The number of nitrogens with one attached hydrogen (secondary N) is 2. The number of rotatable bonds is 16.